The van der Waals surface area contributed by atoms with Gasteiger partial charge in [0.2, 0.25) is 0 Å². The number of hydrogen-bond acceptors (Lipinski definition) is 5. The topological polar surface area (TPSA) is 32.3 Å². The van der Waals surface area contributed by atoms with Crippen molar-refractivity contribution < 1.29 is 0 Å². The van der Waals surface area contributed by atoms with Crippen molar-refractivity contribution in [1.82, 2.24) is 14.9 Å². The summed E-state index contributed by atoms with van der Waals surface area (Å²) in [4.78, 5) is 17.4. The highest BCUT2D eigenvalue weighted by Gasteiger charge is 2.26. The molecule has 4 nitrogen and oxygen atoms in total. The van der Waals surface area contributed by atoms with Crippen LogP contribution in [0.2, 0.25) is 0 Å². The summed E-state index contributed by atoms with van der Waals surface area (Å²) >= 11 is 1.91. The molecule has 0 unspecified atom stereocenters. The molecule has 23 heavy (non-hydrogen) atoms. The van der Waals surface area contributed by atoms with Crippen LogP contribution in [0.4, 0.5) is 5.82 Å². The van der Waals surface area contributed by atoms with Crippen molar-refractivity contribution in [2.45, 2.75) is 39.5 Å². The Labute approximate surface area is 142 Å². The van der Waals surface area contributed by atoms with Crippen LogP contribution in [0.5, 0.6) is 0 Å². The lowest BCUT2D eigenvalue weighted by Crippen LogP contribution is -2.30. The lowest BCUT2D eigenvalue weighted by molar-refractivity contribution is 0.360. The zero-order valence-corrected chi connectivity index (χ0v) is 15.2. The van der Waals surface area contributed by atoms with E-state index in [2.05, 4.69) is 23.8 Å². The third kappa shape index (κ3) is 2.85. The van der Waals surface area contributed by atoms with E-state index in [0.29, 0.717) is 0 Å². The van der Waals surface area contributed by atoms with E-state index in [9.17, 15) is 0 Å². The van der Waals surface area contributed by atoms with Gasteiger partial charge in [0.1, 0.15) is 16.5 Å². The van der Waals surface area contributed by atoms with Gasteiger partial charge < -0.3 is 9.80 Å². The molecule has 124 valence electrons. The van der Waals surface area contributed by atoms with Crippen LogP contribution in [0.15, 0.2) is 0 Å². The van der Waals surface area contributed by atoms with Crippen LogP contribution in [0.1, 0.15) is 36.0 Å². The lowest BCUT2D eigenvalue weighted by Gasteiger charge is -2.24. The van der Waals surface area contributed by atoms with Gasteiger partial charge in [-0.15, -0.1) is 11.3 Å². The standard InChI is InChI=1S/C18H26N4S/c1-12-5-6-14-15(11-12)23-18-16(14)17(19-13(2)20-18)22-8-4-7-21(3)9-10-22/h12H,4-11H2,1-3H3/t12-/m1/s1. The number of likely N-dealkylation sites (N-methyl/N-ethyl adjacent to an activating group) is 1. The Morgan fingerprint density at radius 3 is 2.87 bits per heavy atom. The number of aromatic nitrogens is 2. The molecule has 1 fully saturated rings. The molecule has 1 saturated heterocycles. The molecule has 1 atom stereocenters. The highest BCUT2D eigenvalue weighted by molar-refractivity contribution is 7.19. The van der Waals surface area contributed by atoms with E-state index < -0.39 is 0 Å². The first-order valence-corrected chi connectivity index (χ1v) is 9.66. The van der Waals surface area contributed by atoms with Gasteiger partial charge in [-0.1, -0.05) is 6.92 Å². The number of nitrogens with zero attached hydrogens (tertiary/aromatic N) is 4. The molecule has 1 aliphatic heterocycles. The Morgan fingerprint density at radius 1 is 1.13 bits per heavy atom. The molecule has 0 amide bonds. The zero-order chi connectivity index (χ0) is 16.0. The first-order valence-electron chi connectivity index (χ1n) is 8.84. The van der Waals surface area contributed by atoms with Crippen LogP contribution >= 0.6 is 11.3 Å². The average Bonchev–Trinajstić information content (AvgIpc) is 2.71. The third-order valence-electron chi connectivity index (χ3n) is 5.27. The normalized spacial score (nSPS) is 23.1. The van der Waals surface area contributed by atoms with Gasteiger partial charge in [0.15, 0.2) is 0 Å². The molecule has 0 bridgehead atoms. The fourth-order valence-corrected chi connectivity index (χ4v) is 5.34. The fourth-order valence-electron chi connectivity index (χ4n) is 3.91. The summed E-state index contributed by atoms with van der Waals surface area (Å²) in [5, 5.41) is 1.37. The molecular formula is C18H26N4S. The summed E-state index contributed by atoms with van der Waals surface area (Å²) in [5.74, 6) is 2.92. The molecule has 1 aliphatic carbocycles. The highest BCUT2D eigenvalue weighted by Crippen LogP contribution is 2.41. The van der Waals surface area contributed by atoms with Crippen molar-refractivity contribution in [2.24, 2.45) is 5.92 Å². The highest BCUT2D eigenvalue weighted by atomic mass is 32.1. The maximum Gasteiger partial charge on any atom is 0.141 e. The third-order valence-corrected chi connectivity index (χ3v) is 6.42. The summed E-state index contributed by atoms with van der Waals surface area (Å²) in [5.41, 5.74) is 1.55. The number of hydrogen-bond donors (Lipinski definition) is 0. The van der Waals surface area contributed by atoms with Crippen molar-refractivity contribution in [2.75, 3.05) is 38.1 Å². The average molecular weight is 331 g/mol. The second-order valence-electron chi connectivity index (χ2n) is 7.27. The summed E-state index contributed by atoms with van der Waals surface area (Å²) in [6.07, 6.45) is 4.93. The summed E-state index contributed by atoms with van der Waals surface area (Å²) in [6.45, 7) is 8.89. The monoisotopic (exact) mass is 330 g/mol. The molecule has 4 rings (SSSR count). The van der Waals surface area contributed by atoms with Gasteiger partial charge in [-0.05, 0) is 57.7 Å². The van der Waals surface area contributed by atoms with E-state index in [1.165, 1.54) is 48.3 Å². The Morgan fingerprint density at radius 2 is 2.00 bits per heavy atom. The molecule has 0 spiro atoms. The molecule has 0 N–H and O–H groups in total. The van der Waals surface area contributed by atoms with Crippen molar-refractivity contribution in [3.05, 3.63) is 16.3 Å². The molecule has 0 aromatic carbocycles. The molecule has 0 saturated carbocycles. The molecule has 2 aromatic rings. The van der Waals surface area contributed by atoms with Crippen LogP contribution in [0, 0.1) is 12.8 Å². The minimum Gasteiger partial charge on any atom is -0.355 e. The van der Waals surface area contributed by atoms with E-state index in [1.807, 2.05) is 18.3 Å². The second-order valence-corrected chi connectivity index (χ2v) is 8.35. The predicted molar refractivity (Wildman–Crippen MR) is 97.7 cm³/mol. The molecule has 0 radical (unpaired) electrons. The number of rotatable bonds is 1. The van der Waals surface area contributed by atoms with E-state index >= 15 is 0 Å². The number of fused-ring (bicyclic) bond motifs is 3. The maximum atomic E-state index is 4.89. The van der Waals surface area contributed by atoms with Gasteiger partial charge in [0.05, 0.1) is 5.39 Å². The number of aryl methyl sites for hydroxylation is 2. The summed E-state index contributed by atoms with van der Waals surface area (Å²) < 4.78 is 0. The molecular weight excluding hydrogens is 304 g/mol. The first-order chi connectivity index (χ1) is 11.1. The Bertz CT molecular complexity index is 723. The predicted octanol–water partition coefficient (Wildman–Crippen LogP) is 3.27. The molecule has 5 heteroatoms. The largest absolute Gasteiger partial charge is 0.355 e. The van der Waals surface area contributed by atoms with Crippen LogP contribution in [-0.4, -0.2) is 48.1 Å². The zero-order valence-electron chi connectivity index (χ0n) is 14.4. The van der Waals surface area contributed by atoms with E-state index in [4.69, 9.17) is 9.97 Å². The number of anilines is 1. The van der Waals surface area contributed by atoms with E-state index in [0.717, 1.165) is 31.4 Å². The van der Waals surface area contributed by atoms with Gasteiger partial charge in [0, 0.05) is 24.5 Å². The molecule has 2 aromatic heterocycles. The van der Waals surface area contributed by atoms with Gasteiger partial charge in [-0.3, -0.25) is 0 Å². The van der Waals surface area contributed by atoms with Gasteiger partial charge >= 0.3 is 0 Å². The maximum absolute atomic E-state index is 4.89. The lowest BCUT2D eigenvalue weighted by atomic mass is 9.89. The van der Waals surface area contributed by atoms with Gasteiger partial charge in [-0.2, -0.15) is 0 Å². The first kappa shape index (κ1) is 15.3. The Kier molecular flexibility index (Phi) is 4.01. The number of thiophene rings is 1. The van der Waals surface area contributed by atoms with Gasteiger partial charge in [-0.25, -0.2) is 9.97 Å². The van der Waals surface area contributed by atoms with E-state index in [1.54, 1.807) is 10.4 Å². The fraction of sp³-hybridized carbons (Fsp3) is 0.667. The van der Waals surface area contributed by atoms with Crippen molar-refractivity contribution >= 4 is 27.4 Å². The van der Waals surface area contributed by atoms with Crippen LogP contribution < -0.4 is 4.90 Å². The van der Waals surface area contributed by atoms with Crippen molar-refractivity contribution in [3.8, 4) is 0 Å². The Balaban J connectivity index is 1.82. The van der Waals surface area contributed by atoms with E-state index in [-0.39, 0.29) is 0 Å². The quantitative estimate of drug-likeness (QED) is 0.803. The summed E-state index contributed by atoms with van der Waals surface area (Å²) in [7, 11) is 2.22. The van der Waals surface area contributed by atoms with Crippen LogP contribution in [0.25, 0.3) is 10.2 Å². The van der Waals surface area contributed by atoms with Gasteiger partial charge in [0.25, 0.3) is 0 Å². The van der Waals surface area contributed by atoms with Crippen molar-refractivity contribution in [1.29, 1.82) is 0 Å². The molecule has 3 heterocycles. The second kappa shape index (κ2) is 6.02. The van der Waals surface area contributed by atoms with Crippen LogP contribution in [-0.2, 0) is 12.8 Å². The van der Waals surface area contributed by atoms with Crippen LogP contribution in [0.3, 0.4) is 0 Å². The SMILES string of the molecule is Cc1nc(N2CCCN(C)CC2)c2c3c(sc2n1)C[C@H](C)CC3. The Hall–Kier alpha value is -1.20. The minimum absolute atomic E-state index is 0.805. The minimum atomic E-state index is 0.805. The van der Waals surface area contributed by atoms with Crippen molar-refractivity contribution in [3.63, 3.8) is 0 Å². The summed E-state index contributed by atoms with van der Waals surface area (Å²) in [6, 6.07) is 0. The molecule has 2 aliphatic rings. The smallest absolute Gasteiger partial charge is 0.141 e.